The second-order valence-corrected chi connectivity index (χ2v) is 8.67. The minimum Gasteiger partial charge on any atom is -0.242 e. The molecule has 0 amide bonds. The first-order chi connectivity index (χ1) is 12.1. The maximum atomic E-state index is 13.2. The van der Waals surface area contributed by atoms with Gasteiger partial charge in [-0.3, -0.25) is 0 Å². The molecular weight excluding hydrogens is 330 g/mol. The fourth-order valence-electron chi connectivity index (χ4n) is 3.77. The van der Waals surface area contributed by atoms with Crippen LogP contribution in [0.25, 0.3) is 11.3 Å². The molecule has 0 fully saturated rings. The fraction of sp³-hybridized carbons (Fsp3) is 0.429. The molecule has 25 heavy (non-hydrogen) atoms. The zero-order valence-electron chi connectivity index (χ0n) is 15.0. The Labute approximate surface area is 151 Å². The zero-order chi connectivity index (χ0) is 17.9. The van der Waals surface area contributed by atoms with Crippen molar-refractivity contribution in [2.24, 2.45) is 0 Å². The number of fused-ring (bicyclic) bond motifs is 2. The summed E-state index contributed by atoms with van der Waals surface area (Å²) in [6, 6.07) is 8.19. The van der Waals surface area contributed by atoms with E-state index in [1.807, 2.05) is 18.2 Å². The molecule has 3 rings (SSSR count). The Morgan fingerprint density at radius 3 is 2.68 bits per heavy atom. The van der Waals surface area contributed by atoms with Crippen LogP contribution in [0.5, 0.6) is 0 Å². The summed E-state index contributed by atoms with van der Waals surface area (Å²) >= 11 is 0. The highest BCUT2D eigenvalue weighted by atomic mass is 32.2. The highest BCUT2D eigenvalue weighted by Gasteiger charge is 2.33. The van der Waals surface area contributed by atoms with Crippen LogP contribution in [0.4, 0.5) is 0 Å². The lowest BCUT2D eigenvalue weighted by Gasteiger charge is -2.35. The zero-order valence-corrected chi connectivity index (χ0v) is 15.8. The molecule has 0 spiro atoms. The predicted octanol–water partition coefficient (Wildman–Crippen LogP) is 3.43. The first-order valence-corrected chi connectivity index (χ1v) is 10.9. The Hall–Kier alpha value is -1.81. The highest BCUT2D eigenvalue weighted by Crippen LogP contribution is 2.35. The van der Waals surface area contributed by atoms with Crippen LogP contribution in [0.3, 0.4) is 0 Å². The van der Waals surface area contributed by atoms with Crippen molar-refractivity contribution in [2.75, 3.05) is 5.75 Å². The molecule has 0 saturated carbocycles. The minimum absolute atomic E-state index is 0.203. The van der Waals surface area contributed by atoms with Crippen LogP contribution in [0.1, 0.15) is 51.9 Å². The smallest absolute Gasteiger partial charge is 0.239 e. The number of hydrogen-bond acceptors (Lipinski definition) is 2. The number of benzene rings is 1. The monoisotopic (exact) mass is 357 g/mol. The molecule has 1 aromatic rings. The van der Waals surface area contributed by atoms with Crippen molar-refractivity contribution in [1.29, 1.82) is 0 Å². The van der Waals surface area contributed by atoms with Gasteiger partial charge in [0.2, 0.25) is 10.0 Å². The van der Waals surface area contributed by atoms with E-state index in [4.69, 9.17) is 0 Å². The second-order valence-electron chi connectivity index (χ2n) is 6.73. The first-order valence-electron chi connectivity index (χ1n) is 9.26. The quantitative estimate of drug-likeness (QED) is 0.554. The summed E-state index contributed by atoms with van der Waals surface area (Å²) < 4.78 is 28.1. The van der Waals surface area contributed by atoms with Gasteiger partial charge < -0.3 is 0 Å². The molecule has 1 aromatic carbocycles. The van der Waals surface area contributed by atoms with Gasteiger partial charge in [0.1, 0.15) is 0 Å². The Kier molecular flexibility index (Phi) is 5.48. The Morgan fingerprint density at radius 1 is 1.20 bits per heavy atom. The number of sulfonamides is 1. The molecule has 0 N–H and O–H groups in total. The van der Waals surface area contributed by atoms with E-state index in [0.717, 1.165) is 48.7 Å². The molecule has 1 aliphatic heterocycles. The van der Waals surface area contributed by atoms with Gasteiger partial charge in [0.25, 0.3) is 0 Å². The van der Waals surface area contributed by atoms with E-state index in [1.165, 1.54) is 10.8 Å². The molecule has 0 saturated heterocycles. The van der Waals surface area contributed by atoms with Gasteiger partial charge in [0.15, 0.2) is 0 Å². The summed E-state index contributed by atoms with van der Waals surface area (Å²) in [6.45, 7) is 5.95. The summed E-state index contributed by atoms with van der Waals surface area (Å²) in [5.74, 6) is 0.203. The van der Waals surface area contributed by atoms with E-state index in [0.29, 0.717) is 12.8 Å². The third kappa shape index (κ3) is 3.45. The topological polar surface area (TPSA) is 37.4 Å². The van der Waals surface area contributed by atoms with Crippen LogP contribution in [0.2, 0.25) is 0 Å². The number of nitrogens with zero attached hydrogens (tertiary/aromatic N) is 1. The Bertz CT molecular complexity index is 909. The van der Waals surface area contributed by atoms with E-state index in [2.05, 4.69) is 25.6 Å². The lowest BCUT2D eigenvalue weighted by Crippen LogP contribution is -2.45. The molecule has 0 bridgehead atoms. The molecule has 0 unspecified atom stereocenters. The van der Waals surface area contributed by atoms with Crippen LogP contribution in [-0.4, -0.2) is 18.5 Å². The van der Waals surface area contributed by atoms with Gasteiger partial charge in [-0.1, -0.05) is 56.2 Å². The maximum Gasteiger partial charge on any atom is 0.239 e. The lowest BCUT2D eigenvalue weighted by atomic mass is 9.92. The van der Waals surface area contributed by atoms with E-state index < -0.39 is 10.0 Å². The number of unbranched alkanes of at least 4 members (excludes halogenated alkanes) is 2. The first kappa shape index (κ1) is 18.0. The van der Waals surface area contributed by atoms with Gasteiger partial charge in [-0.2, -0.15) is 0 Å². The van der Waals surface area contributed by atoms with Crippen molar-refractivity contribution < 1.29 is 8.42 Å². The molecule has 1 aliphatic carbocycles. The van der Waals surface area contributed by atoms with Crippen LogP contribution in [0, 0.1) is 0 Å². The van der Waals surface area contributed by atoms with Gasteiger partial charge in [-0.05, 0) is 36.5 Å². The molecule has 0 atom stereocenters. The Morgan fingerprint density at radius 2 is 1.96 bits per heavy atom. The molecule has 134 valence electrons. The number of allylic oxidation sites excluding steroid dienone is 2. The van der Waals surface area contributed by atoms with Gasteiger partial charge in [0.05, 0.1) is 11.4 Å². The summed E-state index contributed by atoms with van der Waals surface area (Å²) in [4.78, 5) is 0. The van der Waals surface area contributed by atoms with Gasteiger partial charge >= 0.3 is 0 Å². The minimum atomic E-state index is -3.38. The van der Waals surface area contributed by atoms with E-state index >= 15 is 0 Å². The third-order valence-corrected chi connectivity index (χ3v) is 6.70. The van der Waals surface area contributed by atoms with Crippen molar-refractivity contribution in [3.8, 4) is 0 Å². The van der Waals surface area contributed by atoms with Gasteiger partial charge in [-0.15, -0.1) is 6.58 Å². The van der Waals surface area contributed by atoms with E-state index in [9.17, 15) is 8.42 Å². The average Bonchev–Trinajstić information content (AvgIpc) is 2.62. The molecule has 2 aliphatic rings. The van der Waals surface area contributed by atoms with Crippen LogP contribution in [0.15, 0.2) is 48.7 Å². The summed E-state index contributed by atoms with van der Waals surface area (Å²) in [7, 11) is -3.38. The normalized spacial score (nSPS) is 17.0. The van der Waals surface area contributed by atoms with Crippen molar-refractivity contribution in [3.63, 3.8) is 0 Å². The van der Waals surface area contributed by atoms with Gasteiger partial charge in [-0.25, -0.2) is 12.7 Å². The van der Waals surface area contributed by atoms with E-state index in [-0.39, 0.29) is 5.75 Å². The number of rotatable bonds is 7. The van der Waals surface area contributed by atoms with Gasteiger partial charge in [0, 0.05) is 17.3 Å². The van der Waals surface area contributed by atoms with Crippen LogP contribution < -0.4 is 10.4 Å². The molecule has 4 heteroatoms. The predicted molar refractivity (Wildman–Crippen MR) is 104 cm³/mol. The Balaban J connectivity index is 2.22. The second kappa shape index (κ2) is 7.61. The van der Waals surface area contributed by atoms with Crippen molar-refractivity contribution in [1.82, 2.24) is 4.31 Å². The molecule has 0 radical (unpaired) electrons. The van der Waals surface area contributed by atoms with Crippen molar-refractivity contribution >= 4 is 21.3 Å². The summed E-state index contributed by atoms with van der Waals surface area (Å²) in [6.07, 6.45) is 10.1. The van der Waals surface area contributed by atoms with Crippen molar-refractivity contribution in [3.05, 3.63) is 59.1 Å². The average molecular weight is 358 g/mol. The van der Waals surface area contributed by atoms with Crippen LogP contribution >= 0.6 is 0 Å². The summed E-state index contributed by atoms with van der Waals surface area (Å²) in [5, 5.41) is 2.22. The van der Waals surface area contributed by atoms with Crippen LogP contribution in [-0.2, 0) is 10.0 Å². The highest BCUT2D eigenvalue weighted by molar-refractivity contribution is 7.89. The van der Waals surface area contributed by atoms with Crippen molar-refractivity contribution in [2.45, 2.75) is 51.9 Å². The summed E-state index contributed by atoms with van der Waals surface area (Å²) in [5.41, 5.74) is 2.91. The molecule has 0 aromatic heterocycles. The van der Waals surface area contributed by atoms with E-state index in [1.54, 1.807) is 10.4 Å². The lowest BCUT2D eigenvalue weighted by molar-refractivity contribution is 0.538. The third-order valence-electron chi connectivity index (χ3n) is 4.93. The standard InChI is InChI=1S/C21H27NO2S/c1-3-5-10-16-25(23,24)22-20(11-4-2)18-13-7-6-12-17(18)19-14-8-9-15-21(19)22/h4,6-7,12-13,15H,2-3,5,8-11,14,16H2,1H3. The SMILES string of the molecule is C=CCC1=c2ccccc2=C2CCCC=C2N1S(=O)(=O)CCCCC. The number of hydrogen-bond donors (Lipinski definition) is 0. The molecule has 3 nitrogen and oxygen atoms in total. The fourth-order valence-corrected chi connectivity index (χ4v) is 5.52. The largest absolute Gasteiger partial charge is 0.242 e. The molecule has 1 heterocycles. The molecular formula is C21H27NO2S. The maximum absolute atomic E-state index is 13.2.